The van der Waals surface area contributed by atoms with E-state index in [0.29, 0.717) is 5.56 Å². The summed E-state index contributed by atoms with van der Waals surface area (Å²) in [5, 5.41) is 12.1. The third-order valence-electron chi connectivity index (χ3n) is 3.81. The van der Waals surface area contributed by atoms with Gasteiger partial charge in [-0.05, 0) is 48.2 Å². The molecule has 2 aromatic rings. The van der Waals surface area contributed by atoms with Crippen LogP contribution in [0.1, 0.15) is 44.3 Å². The van der Waals surface area contributed by atoms with E-state index in [-0.39, 0.29) is 17.5 Å². The Bertz CT molecular complexity index is 694. The zero-order valence-electron chi connectivity index (χ0n) is 11.4. The average Bonchev–Trinajstić information content (AvgIpc) is 2.90. The van der Waals surface area contributed by atoms with Crippen LogP contribution >= 0.6 is 0 Å². The number of carbonyl (C=O) groups is 2. The minimum absolute atomic E-state index is 0.119. The summed E-state index contributed by atoms with van der Waals surface area (Å²) in [6, 6.07) is 14.0. The minimum Gasteiger partial charge on any atom is -0.478 e. The van der Waals surface area contributed by atoms with Crippen LogP contribution in [0.4, 0.5) is 0 Å². The summed E-state index contributed by atoms with van der Waals surface area (Å²) in [6.07, 6.45) is 1.66. The number of aromatic carboxylic acids is 1. The second-order valence-electron chi connectivity index (χ2n) is 5.15. The highest BCUT2D eigenvalue weighted by Crippen LogP contribution is 2.32. The van der Waals surface area contributed by atoms with E-state index in [1.165, 1.54) is 0 Å². The maximum Gasteiger partial charge on any atom is 0.335 e. The van der Waals surface area contributed by atoms with Crippen molar-refractivity contribution in [2.75, 3.05) is 0 Å². The quantitative estimate of drug-likeness (QED) is 0.909. The Morgan fingerprint density at radius 1 is 1.05 bits per heavy atom. The highest BCUT2D eigenvalue weighted by atomic mass is 16.4. The van der Waals surface area contributed by atoms with E-state index in [4.69, 9.17) is 5.11 Å². The number of hydrogen-bond acceptors (Lipinski definition) is 2. The van der Waals surface area contributed by atoms with Gasteiger partial charge in [-0.25, -0.2) is 4.79 Å². The monoisotopic (exact) mass is 281 g/mol. The lowest BCUT2D eigenvalue weighted by Crippen LogP contribution is -2.27. The van der Waals surface area contributed by atoms with Crippen LogP contribution in [0.5, 0.6) is 0 Å². The van der Waals surface area contributed by atoms with Gasteiger partial charge >= 0.3 is 5.97 Å². The minimum atomic E-state index is -0.946. The van der Waals surface area contributed by atoms with Gasteiger partial charge in [0.25, 0.3) is 5.91 Å². The van der Waals surface area contributed by atoms with Gasteiger partial charge in [-0.1, -0.05) is 24.3 Å². The van der Waals surface area contributed by atoms with E-state index in [9.17, 15) is 9.59 Å². The molecule has 2 aromatic carbocycles. The Balaban J connectivity index is 1.82. The molecule has 0 spiro atoms. The fraction of sp³-hybridized carbons (Fsp3) is 0.176. The van der Waals surface area contributed by atoms with Crippen molar-refractivity contribution in [2.24, 2.45) is 0 Å². The molecular formula is C17H15NO3. The van der Waals surface area contributed by atoms with Crippen molar-refractivity contribution in [2.45, 2.75) is 18.9 Å². The Morgan fingerprint density at radius 3 is 2.52 bits per heavy atom. The van der Waals surface area contributed by atoms with Crippen LogP contribution in [-0.4, -0.2) is 17.0 Å². The molecule has 0 bridgehead atoms. The number of carboxylic acid groups (broad SMARTS) is 1. The van der Waals surface area contributed by atoms with Crippen molar-refractivity contribution in [3.05, 3.63) is 70.8 Å². The summed E-state index contributed by atoms with van der Waals surface area (Å²) < 4.78 is 0. The number of carbonyl (C=O) groups excluding carboxylic acids is 1. The normalized spacial score (nSPS) is 16.3. The van der Waals surface area contributed by atoms with Crippen LogP contribution in [0.15, 0.2) is 48.5 Å². The van der Waals surface area contributed by atoms with Crippen LogP contribution in [0.3, 0.4) is 0 Å². The second kappa shape index (κ2) is 5.40. The van der Waals surface area contributed by atoms with Gasteiger partial charge in [-0.2, -0.15) is 0 Å². The molecule has 0 radical (unpaired) electrons. The van der Waals surface area contributed by atoms with Crippen molar-refractivity contribution in [3.63, 3.8) is 0 Å². The second-order valence-corrected chi connectivity index (χ2v) is 5.15. The molecular weight excluding hydrogens is 266 g/mol. The number of nitrogens with one attached hydrogen (secondary N) is 1. The zero-order valence-corrected chi connectivity index (χ0v) is 11.4. The first-order chi connectivity index (χ1) is 10.1. The maximum atomic E-state index is 12.2. The molecule has 0 aromatic heterocycles. The highest BCUT2D eigenvalue weighted by molar-refractivity contribution is 5.94. The summed E-state index contributed by atoms with van der Waals surface area (Å²) in [7, 11) is 0. The Kier molecular flexibility index (Phi) is 3.44. The van der Waals surface area contributed by atoms with Gasteiger partial charge < -0.3 is 10.4 Å². The number of aryl methyl sites for hydroxylation is 1. The summed E-state index contributed by atoms with van der Waals surface area (Å²) in [5.41, 5.74) is 2.90. The molecule has 2 N–H and O–H groups in total. The predicted octanol–water partition coefficient (Wildman–Crippen LogP) is 2.80. The smallest absolute Gasteiger partial charge is 0.335 e. The molecule has 3 rings (SSSR count). The van der Waals surface area contributed by atoms with Gasteiger partial charge in [0.2, 0.25) is 0 Å². The third-order valence-corrected chi connectivity index (χ3v) is 3.81. The maximum absolute atomic E-state index is 12.2. The molecule has 0 saturated heterocycles. The SMILES string of the molecule is O=C(O)c1ccc2c(c1)C(NC(=O)c1ccccc1)CC2. The predicted molar refractivity (Wildman–Crippen MR) is 78.4 cm³/mol. The molecule has 1 amide bonds. The lowest BCUT2D eigenvalue weighted by atomic mass is 10.0. The average molecular weight is 281 g/mol. The lowest BCUT2D eigenvalue weighted by molar-refractivity contribution is 0.0696. The third kappa shape index (κ3) is 2.65. The number of rotatable bonds is 3. The molecule has 1 aliphatic carbocycles. The summed E-state index contributed by atoms with van der Waals surface area (Å²) in [6.45, 7) is 0. The van der Waals surface area contributed by atoms with Crippen LogP contribution in [-0.2, 0) is 6.42 Å². The van der Waals surface area contributed by atoms with E-state index in [2.05, 4.69) is 5.32 Å². The topological polar surface area (TPSA) is 66.4 Å². The van der Waals surface area contributed by atoms with Gasteiger partial charge in [0.15, 0.2) is 0 Å². The molecule has 1 unspecified atom stereocenters. The van der Waals surface area contributed by atoms with Gasteiger partial charge in [0, 0.05) is 5.56 Å². The molecule has 4 nitrogen and oxygen atoms in total. The molecule has 4 heteroatoms. The van der Waals surface area contributed by atoms with Crippen molar-refractivity contribution in [1.82, 2.24) is 5.32 Å². The van der Waals surface area contributed by atoms with Gasteiger partial charge in [0.05, 0.1) is 11.6 Å². The molecule has 0 aliphatic heterocycles. The Labute approximate surface area is 122 Å². The Morgan fingerprint density at radius 2 is 1.81 bits per heavy atom. The first kappa shape index (κ1) is 13.4. The van der Waals surface area contributed by atoms with E-state index >= 15 is 0 Å². The molecule has 106 valence electrons. The fourth-order valence-electron chi connectivity index (χ4n) is 2.72. The number of carboxylic acids is 1. The van der Waals surface area contributed by atoms with E-state index in [1.54, 1.807) is 24.3 Å². The first-order valence-electron chi connectivity index (χ1n) is 6.87. The Hall–Kier alpha value is -2.62. The number of hydrogen-bond donors (Lipinski definition) is 2. The van der Waals surface area contributed by atoms with Crippen LogP contribution in [0.25, 0.3) is 0 Å². The van der Waals surface area contributed by atoms with Crippen molar-refractivity contribution >= 4 is 11.9 Å². The van der Waals surface area contributed by atoms with Gasteiger partial charge in [0.1, 0.15) is 0 Å². The summed E-state index contributed by atoms with van der Waals surface area (Å²) in [5.74, 6) is -1.08. The largest absolute Gasteiger partial charge is 0.478 e. The number of fused-ring (bicyclic) bond motifs is 1. The van der Waals surface area contributed by atoms with E-state index in [0.717, 1.165) is 24.0 Å². The summed E-state index contributed by atoms with van der Waals surface area (Å²) in [4.78, 5) is 23.3. The molecule has 1 atom stereocenters. The molecule has 0 heterocycles. The number of amides is 1. The van der Waals surface area contributed by atoms with Crippen LogP contribution in [0, 0.1) is 0 Å². The molecule has 0 fully saturated rings. The molecule has 0 saturated carbocycles. The highest BCUT2D eigenvalue weighted by Gasteiger charge is 2.25. The number of benzene rings is 2. The summed E-state index contributed by atoms with van der Waals surface area (Å²) >= 11 is 0. The lowest BCUT2D eigenvalue weighted by Gasteiger charge is -2.14. The van der Waals surface area contributed by atoms with Crippen LogP contribution < -0.4 is 5.32 Å². The molecule has 21 heavy (non-hydrogen) atoms. The van der Waals surface area contributed by atoms with Crippen molar-refractivity contribution in [1.29, 1.82) is 0 Å². The van der Waals surface area contributed by atoms with Gasteiger partial charge in [-0.15, -0.1) is 0 Å². The fourth-order valence-corrected chi connectivity index (χ4v) is 2.72. The van der Waals surface area contributed by atoms with E-state index < -0.39 is 5.97 Å². The van der Waals surface area contributed by atoms with E-state index in [1.807, 2.05) is 24.3 Å². The zero-order chi connectivity index (χ0) is 14.8. The van der Waals surface area contributed by atoms with Crippen molar-refractivity contribution < 1.29 is 14.7 Å². The van der Waals surface area contributed by atoms with Crippen LogP contribution in [0.2, 0.25) is 0 Å². The first-order valence-corrected chi connectivity index (χ1v) is 6.87. The standard InChI is InChI=1S/C17H15NO3/c19-16(12-4-2-1-3-5-12)18-15-9-8-11-6-7-13(17(20)21)10-14(11)15/h1-7,10,15H,8-9H2,(H,18,19)(H,20,21). The van der Waals surface area contributed by atoms with Gasteiger partial charge in [-0.3, -0.25) is 4.79 Å². The van der Waals surface area contributed by atoms with Crippen molar-refractivity contribution in [3.8, 4) is 0 Å². The molecule has 1 aliphatic rings.